The smallest absolute Gasteiger partial charge is 0.326 e. The molecule has 0 fully saturated rings. The van der Waals surface area contributed by atoms with Crippen LogP contribution in [0.25, 0.3) is 0 Å². The molecule has 0 aliphatic heterocycles. The zero-order chi connectivity index (χ0) is 14.1. The Morgan fingerprint density at radius 3 is 2.50 bits per heavy atom. The summed E-state index contributed by atoms with van der Waals surface area (Å²) in [7, 11) is 3.24. The van der Waals surface area contributed by atoms with Gasteiger partial charge in [-0.1, -0.05) is 20.3 Å². The Morgan fingerprint density at radius 2 is 2.06 bits per heavy atom. The van der Waals surface area contributed by atoms with E-state index >= 15 is 0 Å². The van der Waals surface area contributed by atoms with Crippen molar-refractivity contribution in [2.75, 3.05) is 27.3 Å². The van der Waals surface area contributed by atoms with Crippen LogP contribution in [-0.4, -0.2) is 55.4 Å². The van der Waals surface area contributed by atoms with Gasteiger partial charge in [0, 0.05) is 27.3 Å². The minimum Gasteiger partial charge on any atom is -0.480 e. The summed E-state index contributed by atoms with van der Waals surface area (Å²) < 4.78 is 4.89. The number of carboxylic acids is 1. The fourth-order valence-electron chi connectivity index (χ4n) is 1.47. The van der Waals surface area contributed by atoms with Gasteiger partial charge in [0.1, 0.15) is 6.04 Å². The van der Waals surface area contributed by atoms with Crippen molar-refractivity contribution < 1.29 is 19.4 Å². The van der Waals surface area contributed by atoms with E-state index in [0.717, 1.165) is 6.42 Å². The highest BCUT2D eigenvalue weighted by Crippen LogP contribution is 2.08. The van der Waals surface area contributed by atoms with Crippen LogP contribution >= 0.6 is 0 Å². The van der Waals surface area contributed by atoms with E-state index in [1.807, 2.05) is 13.8 Å². The van der Waals surface area contributed by atoms with Gasteiger partial charge >= 0.3 is 12.0 Å². The van der Waals surface area contributed by atoms with Gasteiger partial charge in [0.2, 0.25) is 0 Å². The van der Waals surface area contributed by atoms with E-state index in [2.05, 4.69) is 5.32 Å². The lowest BCUT2D eigenvalue weighted by atomic mass is 9.99. The van der Waals surface area contributed by atoms with Crippen molar-refractivity contribution in [2.24, 2.45) is 5.92 Å². The molecule has 0 aromatic carbocycles. The molecule has 0 aromatic heterocycles. The van der Waals surface area contributed by atoms with Gasteiger partial charge in [-0.05, 0) is 12.3 Å². The number of nitrogens with one attached hydrogen (secondary N) is 1. The molecule has 0 aliphatic carbocycles. The maximum absolute atomic E-state index is 11.8. The summed E-state index contributed by atoms with van der Waals surface area (Å²) in [6.45, 7) is 4.82. The molecule has 6 heteroatoms. The molecule has 0 aromatic rings. The number of aliphatic carboxylic acids is 1. The van der Waals surface area contributed by atoms with Crippen molar-refractivity contribution in [1.29, 1.82) is 0 Å². The van der Waals surface area contributed by atoms with Gasteiger partial charge in [0.25, 0.3) is 0 Å². The van der Waals surface area contributed by atoms with Gasteiger partial charge in [-0.3, -0.25) is 0 Å². The summed E-state index contributed by atoms with van der Waals surface area (Å²) in [4.78, 5) is 24.3. The molecule has 0 bridgehead atoms. The highest BCUT2D eigenvalue weighted by atomic mass is 16.5. The molecule has 106 valence electrons. The van der Waals surface area contributed by atoms with Crippen molar-refractivity contribution in [2.45, 2.75) is 32.7 Å². The summed E-state index contributed by atoms with van der Waals surface area (Å²) in [5, 5.41) is 11.6. The van der Waals surface area contributed by atoms with Crippen molar-refractivity contribution in [3.63, 3.8) is 0 Å². The monoisotopic (exact) mass is 260 g/mol. The highest BCUT2D eigenvalue weighted by Gasteiger charge is 2.26. The first-order valence-corrected chi connectivity index (χ1v) is 6.17. The van der Waals surface area contributed by atoms with Gasteiger partial charge in [-0.15, -0.1) is 0 Å². The molecule has 1 unspecified atom stereocenters. The van der Waals surface area contributed by atoms with Crippen molar-refractivity contribution in [1.82, 2.24) is 10.2 Å². The van der Waals surface area contributed by atoms with Crippen LogP contribution < -0.4 is 5.32 Å². The molecular weight excluding hydrogens is 236 g/mol. The van der Waals surface area contributed by atoms with E-state index in [4.69, 9.17) is 9.84 Å². The third-order valence-electron chi connectivity index (χ3n) is 2.95. The minimum absolute atomic E-state index is 0.0983. The Morgan fingerprint density at radius 1 is 1.44 bits per heavy atom. The van der Waals surface area contributed by atoms with Crippen LogP contribution in [0.2, 0.25) is 0 Å². The van der Waals surface area contributed by atoms with Crippen molar-refractivity contribution >= 4 is 12.0 Å². The maximum Gasteiger partial charge on any atom is 0.326 e. The first kappa shape index (κ1) is 16.7. The molecule has 2 amide bonds. The van der Waals surface area contributed by atoms with Gasteiger partial charge in [-0.25, -0.2) is 9.59 Å². The molecule has 6 nitrogen and oxygen atoms in total. The summed E-state index contributed by atoms with van der Waals surface area (Å²) in [5.74, 6) is -1.10. The van der Waals surface area contributed by atoms with Crippen LogP contribution in [0.15, 0.2) is 0 Å². The molecule has 0 rings (SSSR count). The van der Waals surface area contributed by atoms with E-state index < -0.39 is 12.0 Å². The number of ether oxygens (including phenoxy) is 1. The van der Waals surface area contributed by atoms with E-state index in [1.165, 1.54) is 4.90 Å². The number of nitrogens with zero attached hydrogens (tertiary/aromatic N) is 1. The van der Waals surface area contributed by atoms with E-state index in [-0.39, 0.29) is 11.9 Å². The molecule has 0 saturated heterocycles. The molecule has 2 atom stereocenters. The number of carboxylic acid groups (broad SMARTS) is 1. The third-order valence-corrected chi connectivity index (χ3v) is 2.95. The number of carbonyl (C=O) groups excluding carboxylic acids is 1. The number of methoxy groups -OCH3 is 1. The largest absolute Gasteiger partial charge is 0.480 e. The Hall–Kier alpha value is -1.30. The van der Waals surface area contributed by atoms with Crippen LogP contribution in [0.5, 0.6) is 0 Å². The number of amides is 2. The van der Waals surface area contributed by atoms with E-state index in [9.17, 15) is 9.59 Å². The lowest BCUT2D eigenvalue weighted by Gasteiger charge is -2.24. The second kappa shape index (κ2) is 8.74. The standard InChI is InChI=1S/C12H24N2O4/c1-5-9(2)10(11(15)16)13-12(17)14(3)7-6-8-18-4/h9-10H,5-8H2,1-4H3,(H,13,17)(H,15,16)/t9?,10-/m0/s1. The summed E-state index contributed by atoms with van der Waals surface area (Å²) in [5.41, 5.74) is 0. The molecule has 0 spiro atoms. The van der Waals surface area contributed by atoms with Gasteiger partial charge in [0.15, 0.2) is 0 Å². The van der Waals surface area contributed by atoms with Crippen LogP contribution in [0.1, 0.15) is 26.7 Å². The van der Waals surface area contributed by atoms with Crippen LogP contribution in [-0.2, 0) is 9.53 Å². The molecule has 18 heavy (non-hydrogen) atoms. The summed E-state index contributed by atoms with van der Waals surface area (Å²) in [6, 6.07) is -1.20. The Balaban J connectivity index is 4.28. The Kier molecular flexibility index (Phi) is 8.11. The maximum atomic E-state index is 11.8. The highest BCUT2D eigenvalue weighted by molar-refractivity contribution is 5.82. The van der Waals surface area contributed by atoms with Crippen molar-refractivity contribution in [3.05, 3.63) is 0 Å². The first-order chi connectivity index (χ1) is 8.43. The fourth-order valence-corrected chi connectivity index (χ4v) is 1.47. The normalized spacial score (nSPS) is 13.8. The SMILES string of the molecule is CCC(C)[C@H](NC(=O)N(C)CCCOC)C(=O)O. The molecule has 0 heterocycles. The van der Waals surface area contributed by atoms with E-state index in [0.29, 0.717) is 19.6 Å². The topological polar surface area (TPSA) is 78.9 Å². The number of carbonyl (C=O) groups is 2. The number of rotatable bonds is 8. The molecule has 0 radical (unpaired) electrons. The minimum atomic E-state index is -0.997. The predicted octanol–water partition coefficient (Wildman–Crippen LogP) is 1.16. The molecular formula is C12H24N2O4. The molecule has 2 N–H and O–H groups in total. The van der Waals surface area contributed by atoms with E-state index in [1.54, 1.807) is 14.2 Å². The van der Waals surface area contributed by atoms with Gasteiger partial charge in [-0.2, -0.15) is 0 Å². The quantitative estimate of drug-likeness (QED) is 0.642. The van der Waals surface area contributed by atoms with Crippen LogP contribution in [0, 0.1) is 5.92 Å². The number of urea groups is 1. The van der Waals surface area contributed by atoms with Crippen LogP contribution in [0.4, 0.5) is 4.79 Å². The predicted molar refractivity (Wildman–Crippen MR) is 68.5 cm³/mol. The Bertz CT molecular complexity index is 271. The fraction of sp³-hybridized carbons (Fsp3) is 0.833. The summed E-state index contributed by atoms with van der Waals surface area (Å²) in [6.07, 6.45) is 1.42. The average Bonchev–Trinajstić information content (AvgIpc) is 2.34. The Labute approximate surface area is 108 Å². The lowest BCUT2D eigenvalue weighted by Crippen LogP contribution is -2.49. The van der Waals surface area contributed by atoms with Gasteiger partial charge in [0.05, 0.1) is 0 Å². The zero-order valence-corrected chi connectivity index (χ0v) is 11.6. The zero-order valence-electron chi connectivity index (χ0n) is 11.6. The first-order valence-electron chi connectivity index (χ1n) is 6.17. The second-order valence-electron chi connectivity index (χ2n) is 4.42. The second-order valence-corrected chi connectivity index (χ2v) is 4.42. The van der Waals surface area contributed by atoms with Crippen molar-refractivity contribution in [3.8, 4) is 0 Å². The lowest BCUT2D eigenvalue weighted by molar-refractivity contribution is -0.140. The van der Waals surface area contributed by atoms with Gasteiger partial charge < -0.3 is 20.1 Å². The number of hydrogen-bond donors (Lipinski definition) is 2. The average molecular weight is 260 g/mol. The number of hydrogen-bond acceptors (Lipinski definition) is 3. The molecule has 0 aliphatic rings. The molecule has 0 saturated carbocycles. The summed E-state index contributed by atoms with van der Waals surface area (Å²) >= 11 is 0. The van der Waals surface area contributed by atoms with Crippen LogP contribution in [0.3, 0.4) is 0 Å². The third kappa shape index (κ3) is 5.86.